The summed E-state index contributed by atoms with van der Waals surface area (Å²) in [6.07, 6.45) is 0.0561. The molecular formula is C31H36FN5O6. The second-order valence-corrected chi connectivity index (χ2v) is 12.0. The van der Waals surface area contributed by atoms with Crippen LogP contribution in [-0.2, 0) is 27.7 Å². The van der Waals surface area contributed by atoms with Gasteiger partial charge in [0.15, 0.2) is 17.7 Å². The Kier molecular flexibility index (Phi) is 7.37. The van der Waals surface area contributed by atoms with Crippen molar-refractivity contribution in [2.75, 3.05) is 37.8 Å². The van der Waals surface area contributed by atoms with Crippen LogP contribution < -0.4 is 9.64 Å². The number of aliphatic carboxylic acids is 1. The summed E-state index contributed by atoms with van der Waals surface area (Å²) in [7, 11) is 1.83. The first kappa shape index (κ1) is 29.1. The average molecular weight is 594 g/mol. The summed E-state index contributed by atoms with van der Waals surface area (Å²) in [5, 5.41) is 19.6. The predicted octanol–water partition coefficient (Wildman–Crippen LogP) is 5.15. The summed E-state index contributed by atoms with van der Waals surface area (Å²) in [4.78, 5) is 19.6. The van der Waals surface area contributed by atoms with E-state index in [0.717, 1.165) is 17.5 Å². The minimum atomic E-state index is -1.36. The van der Waals surface area contributed by atoms with Gasteiger partial charge in [-0.3, -0.25) is 0 Å². The third kappa shape index (κ3) is 5.22. The molecule has 228 valence electrons. The number of carboxylic acids is 1. The van der Waals surface area contributed by atoms with Crippen LogP contribution in [0.25, 0.3) is 33.7 Å². The monoisotopic (exact) mass is 593 g/mol. The molecule has 1 N–H and O–H groups in total. The Hall–Kier alpha value is -4.03. The van der Waals surface area contributed by atoms with Gasteiger partial charge in [-0.25, -0.2) is 14.2 Å². The predicted molar refractivity (Wildman–Crippen MR) is 157 cm³/mol. The van der Waals surface area contributed by atoms with Crippen LogP contribution in [0.1, 0.15) is 55.7 Å². The third-order valence-corrected chi connectivity index (χ3v) is 7.98. The standard InChI is InChI=1S/C31H36FN5O6/c1-16-18-8-7-11-41-25(18)21(32)14-19(16)24-20-15-22(28-34-35-30(42-28)37-9-12-40-13-10-37)36(6)27(20)33-17(2)23(24)26(29(38)39)43-31(3,4)5/h14-15,26H,7-13H2,1-6H3,(H,38,39)/t26-/m0/s1. The molecule has 2 aliphatic rings. The maximum absolute atomic E-state index is 15.6. The number of pyridine rings is 1. The summed E-state index contributed by atoms with van der Waals surface area (Å²) in [6.45, 7) is 12.0. The van der Waals surface area contributed by atoms with Gasteiger partial charge in [-0.1, -0.05) is 5.10 Å². The maximum atomic E-state index is 15.6. The van der Waals surface area contributed by atoms with Crippen molar-refractivity contribution in [1.29, 1.82) is 0 Å². The molecule has 0 saturated carbocycles. The van der Waals surface area contributed by atoms with Crippen molar-refractivity contribution in [2.24, 2.45) is 7.05 Å². The molecule has 0 bridgehead atoms. The molecule has 1 fully saturated rings. The molecule has 12 heteroatoms. The summed E-state index contributed by atoms with van der Waals surface area (Å²) < 4.78 is 40.9. The Morgan fingerprint density at radius 2 is 1.88 bits per heavy atom. The number of morpholine rings is 1. The van der Waals surface area contributed by atoms with Gasteiger partial charge in [0.25, 0.3) is 5.89 Å². The molecule has 5 heterocycles. The van der Waals surface area contributed by atoms with Crippen LogP contribution in [0.2, 0.25) is 0 Å². The molecule has 3 aromatic heterocycles. The number of halogens is 1. The van der Waals surface area contributed by atoms with Gasteiger partial charge >= 0.3 is 12.0 Å². The van der Waals surface area contributed by atoms with E-state index >= 15 is 4.39 Å². The second-order valence-electron chi connectivity index (χ2n) is 12.0. The number of hydrogen-bond acceptors (Lipinski definition) is 9. The van der Waals surface area contributed by atoms with E-state index in [4.69, 9.17) is 23.6 Å². The highest BCUT2D eigenvalue weighted by atomic mass is 19.1. The molecule has 11 nitrogen and oxygen atoms in total. The van der Waals surface area contributed by atoms with Crippen LogP contribution in [0.15, 0.2) is 16.5 Å². The van der Waals surface area contributed by atoms with Gasteiger partial charge in [0.05, 0.1) is 25.4 Å². The van der Waals surface area contributed by atoms with E-state index < -0.39 is 23.5 Å². The smallest absolute Gasteiger partial charge is 0.337 e. The fourth-order valence-electron chi connectivity index (χ4n) is 5.98. The molecule has 1 aromatic carbocycles. The molecular weight excluding hydrogens is 557 g/mol. The lowest BCUT2D eigenvalue weighted by Gasteiger charge is -2.29. The van der Waals surface area contributed by atoms with Crippen molar-refractivity contribution in [3.8, 4) is 28.5 Å². The molecule has 0 amide bonds. The minimum absolute atomic E-state index is 0.257. The van der Waals surface area contributed by atoms with Gasteiger partial charge in [-0.05, 0) is 70.7 Å². The first-order valence-electron chi connectivity index (χ1n) is 14.5. The van der Waals surface area contributed by atoms with E-state index in [1.54, 1.807) is 27.7 Å². The van der Waals surface area contributed by atoms with Crippen molar-refractivity contribution in [3.63, 3.8) is 0 Å². The van der Waals surface area contributed by atoms with Crippen molar-refractivity contribution >= 4 is 23.0 Å². The van der Waals surface area contributed by atoms with E-state index in [-0.39, 0.29) is 11.6 Å². The van der Waals surface area contributed by atoms with E-state index in [1.165, 1.54) is 6.07 Å². The minimum Gasteiger partial charge on any atom is -0.490 e. The second kappa shape index (κ2) is 10.9. The quantitative estimate of drug-likeness (QED) is 0.321. The Balaban J connectivity index is 1.62. The van der Waals surface area contributed by atoms with Crippen LogP contribution in [0.3, 0.4) is 0 Å². The van der Waals surface area contributed by atoms with Gasteiger partial charge in [-0.2, -0.15) is 0 Å². The van der Waals surface area contributed by atoms with Gasteiger partial charge < -0.3 is 33.2 Å². The van der Waals surface area contributed by atoms with Crippen LogP contribution in [0.5, 0.6) is 5.75 Å². The van der Waals surface area contributed by atoms with Gasteiger partial charge in [0.1, 0.15) is 11.3 Å². The SMILES string of the molecule is Cc1nc2c(cc(-c3nnc(N4CCOCC4)o3)n2C)c(-c2cc(F)c3c(c2C)CCCO3)c1[C@H](OC(C)(C)C)C(=O)O. The molecule has 1 atom stereocenters. The zero-order chi connectivity index (χ0) is 30.6. The molecule has 1 saturated heterocycles. The lowest BCUT2D eigenvalue weighted by atomic mass is 9.86. The summed E-state index contributed by atoms with van der Waals surface area (Å²) in [6, 6.07) is 3.68. The molecule has 6 rings (SSSR count). The van der Waals surface area contributed by atoms with Crippen LogP contribution in [0.4, 0.5) is 10.4 Å². The first-order valence-corrected chi connectivity index (χ1v) is 14.5. The number of benzene rings is 1. The van der Waals surface area contributed by atoms with Crippen molar-refractivity contribution in [3.05, 3.63) is 40.3 Å². The Morgan fingerprint density at radius 1 is 1.14 bits per heavy atom. The number of hydrogen-bond donors (Lipinski definition) is 1. The van der Waals surface area contributed by atoms with E-state index in [2.05, 4.69) is 10.2 Å². The number of aryl methyl sites for hydroxylation is 2. The van der Waals surface area contributed by atoms with E-state index in [0.29, 0.717) is 84.5 Å². The average Bonchev–Trinajstić information content (AvgIpc) is 3.58. The molecule has 0 unspecified atom stereocenters. The lowest BCUT2D eigenvalue weighted by Crippen LogP contribution is -2.36. The number of carboxylic acid groups (broad SMARTS) is 1. The molecule has 4 aromatic rings. The molecule has 0 spiro atoms. The van der Waals surface area contributed by atoms with Crippen molar-refractivity contribution in [1.82, 2.24) is 19.7 Å². The van der Waals surface area contributed by atoms with Crippen molar-refractivity contribution in [2.45, 2.75) is 59.2 Å². The fraction of sp³-hybridized carbons (Fsp3) is 0.484. The van der Waals surface area contributed by atoms with Crippen LogP contribution in [-0.4, -0.2) is 69.3 Å². The third-order valence-electron chi connectivity index (χ3n) is 7.98. The van der Waals surface area contributed by atoms with Crippen LogP contribution >= 0.6 is 0 Å². The highest BCUT2D eigenvalue weighted by molar-refractivity contribution is 6.01. The molecule has 2 aliphatic heterocycles. The van der Waals surface area contributed by atoms with Crippen LogP contribution in [0, 0.1) is 19.7 Å². The summed E-state index contributed by atoms with van der Waals surface area (Å²) in [5.41, 5.74) is 3.90. The van der Waals surface area contributed by atoms with E-state index in [1.807, 2.05) is 29.5 Å². The summed E-state index contributed by atoms with van der Waals surface area (Å²) in [5.74, 6) is -1.11. The van der Waals surface area contributed by atoms with Gasteiger partial charge in [0, 0.05) is 47.9 Å². The Bertz CT molecular complexity index is 1720. The normalized spacial score (nSPS) is 16.3. The number of ether oxygens (including phenoxy) is 3. The summed E-state index contributed by atoms with van der Waals surface area (Å²) >= 11 is 0. The Labute approximate surface area is 248 Å². The highest BCUT2D eigenvalue weighted by Gasteiger charge is 2.35. The highest BCUT2D eigenvalue weighted by Crippen LogP contribution is 2.45. The number of carbonyl (C=O) groups is 1. The molecule has 0 aliphatic carbocycles. The van der Waals surface area contributed by atoms with Gasteiger partial charge in [0.2, 0.25) is 0 Å². The number of fused-ring (bicyclic) bond motifs is 2. The number of anilines is 1. The van der Waals surface area contributed by atoms with E-state index in [9.17, 15) is 9.90 Å². The number of aromatic nitrogens is 4. The van der Waals surface area contributed by atoms with Gasteiger partial charge in [-0.15, -0.1) is 5.10 Å². The molecule has 0 radical (unpaired) electrons. The molecule has 43 heavy (non-hydrogen) atoms. The zero-order valence-corrected chi connectivity index (χ0v) is 25.3. The maximum Gasteiger partial charge on any atom is 0.337 e. The van der Waals surface area contributed by atoms with Crippen molar-refractivity contribution < 1.29 is 32.9 Å². The fourth-order valence-corrected chi connectivity index (χ4v) is 5.98. The Morgan fingerprint density at radius 3 is 2.58 bits per heavy atom. The first-order chi connectivity index (χ1) is 20.4. The lowest BCUT2D eigenvalue weighted by molar-refractivity contribution is -0.160. The number of rotatable bonds is 6. The zero-order valence-electron chi connectivity index (χ0n) is 25.3. The number of nitrogens with zero attached hydrogens (tertiary/aromatic N) is 5. The largest absolute Gasteiger partial charge is 0.490 e. The topological polar surface area (TPSA) is 125 Å².